The Labute approximate surface area is 125 Å². The smallest absolute Gasteiger partial charge is 0.326 e. The Bertz CT molecular complexity index is 461. The molecule has 0 aromatic rings. The number of likely N-dealkylation sites (tertiary alicyclic amines) is 1. The number of methoxy groups -OCH3 is 1. The largest absolute Gasteiger partial charge is 0.480 e. The van der Waals surface area contributed by atoms with Crippen LogP contribution in [0.15, 0.2) is 0 Å². The minimum Gasteiger partial charge on any atom is -0.480 e. The van der Waals surface area contributed by atoms with Crippen molar-refractivity contribution in [2.45, 2.75) is 39.8 Å². The first kappa shape index (κ1) is 16.2. The molecule has 1 heterocycles. The van der Waals surface area contributed by atoms with E-state index in [9.17, 15) is 14.7 Å². The lowest BCUT2D eigenvalue weighted by atomic mass is 9.84. The molecule has 0 radical (unpaired) electrons. The third kappa shape index (κ3) is 2.44. The zero-order chi connectivity index (χ0) is 16.2. The Kier molecular flexibility index (Phi) is 3.83. The fraction of sp³-hybridized carbons (Fsp3) is 0.867. The molecule has 3 N–H and O–H groups in total. The summed E-state index contributed by atoms with van der Waals surface area (Å²) in [6.07, 6.45) is 0. The van der Waals surface area contributed by atoms with Crippen molar-refractivity contribution in [1.82, 2.24) is 4.90 Å². The first-order valence-corrected chi connectivity index (χ1v) is 7.33. The molecule has 0 aromatic heterocycles. The molecule has 1 unspecified atom stereocenters. The van der Waals surface area contributed by atoms with Crippen molar-refractivity contribution < 1.29 is 19.4 Å². The number of piperidine rings is 1. The van der Waals surface area contributed by atoms with E-state index in [0.717, 1.165) is 0 Å². The number of nitrogens with two attached hydrogens (primary N) is 1. The maximum absolute atomic E-state index is 12.6. The van der Waals surface area contributed by atoms with E-state index in [-0.39, 0.29) is 23.2 Å². The van der Waals surface area contributed by atoms with Gasteiger partial charge in [-0.3, -0.25) is 4.79 Å². The Morgan fingerprint density at radius 3 is 2.52 bits per heavy atom. The molecule has 1 aliphatic heterocycles. The van der Waals surface area contributed by atoms with E-state index in [4.69, 9.17) is 10.5 Å². The van der Waals surface area contributed by atoms with Crippen LogP contribution in [0.4, 0.5) is 0 Å². The lowest BCUT2D eigenvalue weighted by Crippen LogP contribution is -2.56. The van der Waals surface area contributed by atoms with Gasteiger partial charge in [0.2, 0.25) is 5.91 Å². The molecule has 1 saturated heterocycles. The van der Waals surface area contributed by atoms with Gasteiger partial charge in [0.15, 0.2) is 0 Å². The molecule has 21 heavy (non-hydrogen) atoms. The highest BCUT2D eigenvalue weighted by Gasteiger charge is 2.69. The van der Waals surface area contributed by atoms with E-state index < -0.39 is 23.5 Å². The first-order chi connectivity index (χ1) is 9.55. The van der Waals surface area contributed by atoms with Gasteiger partial charge in [0.25, 0.3) is 0 Å². The Hall–Kier alpha value is -1.14. The van der Waals surface area contributed by atoms with Gasteiger partial charge in [0.1, 0.15) is 6.04 Å². The van der Waals surface area contributed by atoms with E-state index >= 15 is 0 Å². The molecule has 1 saturated carbocycles. The van der Waals surface area contributed by atoms with Crippen molar-refractivity contribution in [3.05, 3.63) is 0 Å². The van der Waals surface area contributed by atoms with Gasteiger partial charge in [0.05, 0.1) is 12.6 Å². The Morgan fingerprint density at radius 2 is 2.05 bits per heavy atom. The van der Waals surface area contributed by atoms with Crippen LogP contribution >= 0.6 is 0 Å². The summed E-state index contributed by atoms with van der Waals surface area (Å²) in [5.74, 6) is -0.914. The topological polar surface area (TPSA) is 92.9 Å². The van der Waals surface area contributed by atoms with Crippen LogP contribution < -0.4 is 5.73 Å². The van der Waals surface area contributed by atoms with Crippen LogP contribution in [0.1, 0.15) is 27.7 Å². The third-order valence-corrected chi connectivity index (χ3v) is 5.37. The van der Waals surface area contributed by atoms with Gasteiger partial charge in [0, 0.05) is 25.0 Å². The maximum Gasteiger partial charge on any atom is 0.326 e. The molecule has 6 nitrogen and oxygen atoms in total. The minimum atomic E-state index is -0.932. The van der Waals surface area contributed by atoms with Crippen molar-refractivity contribution in [3.63, 3.8) is 0 Å². The summed E-state index contributed by atoms with van der Waals surface area (Å²) in [5.41, 5.74) is 5.56. The van der Waals surface area contributed by atoms with Crippen LogP contribution in [0.2, 0.25) is 0 Å². The number of carboxylic acid groups (broad SMARTS) is 1. The van der Waals surface area contributed by atoms with Gasteiger partial charge in [-0.1, -0.05) is 27.7 Å². The summed E-state index contributed by atoms with van der Waals surface area (Å²) < 4.78 is 5.11. The fourth-order valence-electron chi connectivity index (χ4n) is 3.77. The van der Waals surface area contributed by atoms with E-state index in [1.54, 1.807) is 7.11 Å². The predicted octanol–water partition coefficient (Wildman–Crippen LogP) is 0.554. The highest BCUT2D eigenvalue weighted by Crippen LogP contribution is 2.64. The van der Waals surface area contributed by atoms with Crippen LogP contribution in [0.25, 0.3) is 0 Å². The normalized spacial score (nSPS) is 31.7. The molecular weight excluding hydrogens is 272 g/mol. The van der Waals surface area contributed by atoms with Crippen molar-refractivity contribution in [2.75, 3.05) is 20.3 Å². The molecule has 2 rings (SSSR count). The maximum atomic E-state index is 12.6. The van der Waals surface area contributed by atoms with Gasteiger partial charge in [-0.2, -0.15) is 0 Å². The van der Waals surface area contributed by atoms with Crippen molar-refractivity contribution in [2.24, 2.45) is 28.4 Å². The van der Waals surface area contributed by atoms with E-state index in [1.165, 1.54) is 4.90 Å². The van der Waals surface area contributed by atoms with Crippen LogP contribution in [0, 0.1) is 22.7 Å². The highest BCUT2D eigenvalue weighted by molar-refractivity contribution is 5.89. The standard InChI is InChI=1S/C15H26N2O4/c1-14(2,7-21-5)11(16)12(18)17-6-8-9(15(8,3)4)10(17)13(19)20/h8-11H,6-7,16H2,1-5H3,(H,19,20)/t8-,9-,10-,11?/m0/s1. The summed E-state index contributed by atoms with van der Waals surface area (Å²) >= 11 is 0. The van der Waals surface area contributed by atoms with Gasteiger partial charge in [-0.05, 0) is 11.3 Å². The quantitative estimate of drug-likeness (QED) is 0.773. The number of aliphatic carboxylic acids is 1. The molecule has 2 fully saturated rings. The van der Waals surface area contributed by atoms with Crippen molar-refractivity contribution in [1.29, 1.82) is 0 Å². The van der Waals surface area contributed by atoms with E-state index in [1.807, 2.05) is 13.8 Å². The van der Waals surface area contributed by atoms with E-state index in [0.29, 0.717) is 13.2 Å². The van der Waals surface area contributed by atoms with Crippen molar-refractivity contribution >= 4 is 11.9 Å². The number of nitrogens with zero attached hydrogens (tertiary/aromatic N) is 1. The number of amides is 1. The Balaban J connectivity index is 2.15. The van der Waals surface area contributed by atoms with Crippen LogP contribution in [0.3, 0.4) is 0 Å². The molecule has 0 bridgehead atoms. The van der Waals surface area contributed by atoms with Gasteiger partial charge < -0.3 is 20.5 Å². The second-order valence-corrected chi connectivity index (χ2v) is 7.63. The molecule has 120 valence electrons. The SMILES string of the molecule is COCC(C)(C)C(N)C(=O)N1C[C@H]2[C@@H]([C@H]1C(=O)O)C2(C)C. The van der Waals surface area contributed by atoms with Crippen LogP contribution in [-0.2, 0) is 14.3 Å². The summed E-state index contributed by atoms with van der Waals surface area (Å²) in [7, 11) is 1.56. The number of hydrogen-bond acceptors (Lipinski definition) is 4. The van der Waals surface area contributed by atoms with Gasteiger partial charge in [-0.15, -0.1) is 0 Å². The number of hydrogen-bond donors (Lipinski definition) is 2. The number of carboxylic acids is 1. The van der Waals surface area contributed by atoms with Gasteiger partial charge in [-0.25, -0.2) is 4.79 Å². The zero-order valence-corrected chi connectivity index (χ0v) is 13.4. The van der Waals surface area contributed by atoms with E-state index in [2.05, 4.69) is 13.8 Å². The predicted molar refractivity (Wildman–Crippen MR) is 77.5 cm³/mol. The second-order valence-electron chi connectivity index (χ2n) is 7.63. The number of rotatable bonds is 5. The molecular formula is C15H26N2O4. The number of ether oxygens (including phenoxy) is 1. The average molecular weight is 298 g/mol. The molecule has 1 aliphatic carbocycles. The summed E-state index contributed by atoms with van der Waals surface area (Å²) in [6.45, 7) is 8.68. The molecule has 1 amide bonds. The summed E-state index contributed by atoms with van der Waals surface area (Å²) in [4.78, 5) is 25.7. The third-order valence-electron chi connectivity index (χ3n) is 5.37. The zero-order valence-electron chi connectivity index (χ0n) is 13.4. The average Bonchev–Trinajstić information content (AvgIpc) is 2.77. The number of carbonyl (C=O) groups excluding carboxylic acids is 1. The highest BCUT2D eigenvalue weighted by atomic mass is 16.5. The molecule has 6 heteroatoms. The van der Waals surface area contributed by atoms with Crippen LogP contribution in [-0.4, -0.2) is 54.2 Å². The lowest BCUT2D eigenvalue weighted by molar-refractivity contribution is -0.152. The summed E-state index contributed by atoms with van der Waals surface area (Å²) in [6, 6.07) is -1.51. The minimum absolute atomic E-state index is 0.00593. The van der Waals surface area contributed by atoms with Gasteiger partial charge >= 0.3 is 5.97 Å². The fourth-order valence-corrected chi connectivity index (χ4v) is 3.77. The first-order valence-electron chi connectivity index (χ1n) is 7.33. The monoisotopic (exact) mass is 298 g/mol. The molecule has 0 aromatic carbocycles. The molecule has 4 atom stereocenters. The number of carbonyl (C=O) groups is 2. The lowest BCUT2D eigenvalue weighted by Gasteiger charge is -2.36. The summed E-state index contributed by atoms with van der Waals surface area (Å²) in [5, 5.41) is 9.49. The Morgan fingerprint density at radius 1 is 1.48 bits per heavy atom. The molecule has 2 aliphatic rings. The second kappa shape index (κ2) is 4.95. The van der Waals surface area contributed by atoms with Crippen molar-refractivity contribution in [3.8, 4) is 0 Å². The number of fused-ring (bicyclic) bond motifs is 1. The van der Waals surface area contributed by atoms with Crippen LogP contribution in [0.5, 0.6) is 0 Å². The molecule has 0 spiro atoms.